The van der Waals surface area contributed by atoms with Crippen LogP contribution in [0, 0.1) is 0 Å². The molecular weight excluding hydrogens is 278 g/mol. The predicted molar refractivity (Wildman–Crippen MR) is 78.6 cm³/mol. The first-order chi connectivity index (χ1) is 9.69. The van der Waals surface area contributed by atoms with Gasteiger partial charge in [0.25, 0.3) is 5.56 Å². The van der Waals surface area contributed by atoms with E-state index in [1.54, 1.807) is 25.3 Å². The highest BCUT2D eigenvalue weighted by Crippen LogP contribution is 2.19. The van der Waals surface area contributed by atoms with E-state index >= 15 is 0 Å². The molecule has 0 spiro atoms. The Labute approximate surface area is 121 Å². The minimum Gasteiger partial charge on any atom is -0.497 e. The summed E-state index contributed by atoms with van der Waals surface area (Å²) < 4.78 is 6.69. The van der Waals surface area contributed by atoms with Crippen molar-refractivity contribution in [1.82, 2.24) is 14.9 Å². The lowest BCUT2D eigenvalue weighted by Crippen LogP contribution is -2.33. The third kappa shape index (κ3) is 2.39. The summed E-state index contributed by atoms with van der Waals surface area (Å²) in [6, 6.07) is 5.52. The van der Waals surface area contributed by atoms with Crippen LogP contribution < -0.4 is 15.6 Å². The molecule has 0 saturated carbocycles. The van der Waals surface area contributed by atoms with Gasteiger partial charge in [0.05, 0.1) is 18.0 Å². The lowest BCUT2D eigenvalue weighted by molar-refractivity contribution is 0.415. The van der Waals surface area contributed by atoms with Crippen molar-refractivity contribution in [3.8, 4) is 5.75 Å². The Kier molecular flexibility index (Phi) is 3.63. The number of benzene rings is 1. The van der Waals surface area contributed by atoms with Crippen molar-refractivity contribution in [2.45, 2.75) is 25.4 Å². The Morgan fingerprint density at radius 1 is 1.55 bits per heavy atom. The van der Waals surface area contributed by atoms with E-state index in [0.717, 1.165) is 19.4 Å². The molecule has 1 aromatic heterocycles. The van der Waals surface area contributed by atoms with Crippen molar-refractivity contribution in [2.75, 3.05) is 13.7 Å². The second-order valence-electron chi connectivity index (χ2n) is 4.97. The van der Waals surface area contributed by atoms with Crippen molar-refractivity contribution in [3.63, 3.8) is 0 Å². The summed E-state index contributed by atoms with van der Waals surface area (Å²) in [7, 11) is 1.57. The summed E-state index contributed by atoms with van der Waals surface area (Å²) in [6.45, 7) is 1.55. The summed E-state index contributed by atoms with van der Waals surface area (Å²) in [5.41, 5.74) is 0.476. The molecule has 0 aliphatic carbocycles. The first-order valence-corrected chi connectivity index (χ1v) is 7.04. The molecular formula is C14H16ClN3O2. The molecule has 1 fully saturated rings. The largest absolute Gasteiger partial charge is 0.497 e. The van der Waals surface area contributed by atoms with Gasteiger partial charge in [0, 0.05) is 12.6 Å². The zero-order valence-electron chi connectivity index (χ0n) is 11.2. The molecule has 3 rings (SSSR count). The second kappa shape index (κ2) is 5.42. The topological polar surface area (TPSA) is 56.1 Å². The molecule has 2 aromatic rings. The normalized spacial score (nSPS) is 18.6. The Morgan fingerprint density at radius 3 is 3.10 bits per heavy atom. The minimum absolute atomic E-state index is 0.118. The van der Waals surface area contributed by atoms with Gasteiger partial charge in [0.2, 0.25) is 5.28 Å². The second-order valence-corrected chi connectivity index (χ2v) is 5.31. The number of rotatable bonds is 3. The maximum absolute atomic E-state index is 12.6. The fourth-order valence-electron chi connectivity index (χ4n) is 2.59. The fourth-order valence-corrected chi connectivity index (χ4v) is 2.83. The number of methoxy groups -OCH3 is 1. The molecule has 0 amide bonds. The van der Waals surface area contributed by atoms with E-state index in [2.05, 4.69) is 10.3 Å². The minimum atomic E-state index is -0.118. The van der Waals surface area contributed by atoms with Crippen LogP contribution in [0.15, 0.2) is 23.0 Å². The number of halogens is 1. The summed E-state index contributed by atoms with van der Waals surface area (Å²) in [5, 5.41) is 4.13. The Morgan fingerprint density at radius 2 is 2.40 bits per heavy atom. The number of ether oxygens (including phenoxy) is 1. The van der Waals surface area contributed by atoms with E-state index in [4.69, 9.17) is 16.3 Å². The predicted octanol–water partition coefficient (Wildman–Crippen LogP) is 1.81. The van der Waals surface area contributed by atoms with Crippen molar-refractivity contribution in [1.29, 1.82) is 0 Å². The monoisotopic (exact) mass is 293 g/mol. The van der Waals surface area contributed by atoms with Crippen LogP contribution in [0.4, 0.5) is 0 Å². The average Bonchev–Trinajstić information content (AvgIpc) is 2.96. The number of aromatic nitrogens is 2. The van der Waals surface area contributed by atoms with Crippen LogP contribution in [0.1, 0.15) is 12.8 Å². The molecule has 1 atom stereocenters. The lowest BCUT2D eigenvalue weighted by Gasteiger charge is -2.14. The SMILES string of the molecule is COc1ccc2nc(Cl)n(CC3CCCN3)c(=O)c2c1. The summed E-state index contributed by atoms with van der Waals surface area (Å²) in [4.78, 5) is 16.9. The standard InChI is InChI=1S/C14H16ClN3O2/c1-20-10-4-5-12-11(7-10)13(19)18(14(15)17-12)8-9-3-2-6-16-9/h4-5,7,9,16H,2-3,6,8H2,1H3. The maximum Gasteiger partial charge on any atom is 0.262 e. The van der Waals surface area contributed by atoms with E-state index in [1.807, 2.05) is 0 Å². The van der Waals surface area contributed by atoms with Crippen LogP contribution in [0.3, 0.4) is 0 Å². The molecule has 1 N–H and O–H groups in total. The molecule has 0 bridgehead atoms. The van der Waals surface area contributed by atoms with E-state index < -0.39 is 0 Å². The highest BCUT2D eigenvalue weighted by molar-refractivity contribution is 6.28. The van der Waals surface area contributed by atoms with Gasteiger partial charge in [-0.2, -0.15) is 0 Å². The van der Waals surface area contributed by atoms with E-state index in [-0.39, 0.29) is 16.9 Å². The smallest absolute Gasteiger partial charge is 0.262 e. The third-order valence-electron chi connectivity index (χ3n) is 3.68. The Balaban J connectivity index is 2.08. The number of nitrogens with zero attached hydrogens (tertiary/aromatic N) is 2. The van der Waals surface area contributed by atoms with Gasteiger partial charge in [-0.15, -0.1) is 0 Å². The van der Waals surface area contributed by atoms with Gasteiger partial charge in [-0.25, -0.2) is 4.98 Å². The van der Waals surface area contributed by atoms with Crippen molar-refractivity contribution >= 4 is 22.5 Å². The van der Waals surface area contributed by atoms with Gasteiger partial charge in [-0.3, -0.25) is 9.36 Å². The fraction of sp³-hybridized carbons (Fsp3) is 0.429. The molecule has 1 aromatic carbocycles. The van der Waals surface area contributed by atoms with Crippen LogP contribution in [0.5, 0.6) is 5.75 Å². The van der Waals surface area contributed by atoms with Crippen LogP contribution in [-0.4, -0.2) is 29.2 Å². The number of hydrogen-bond donors (Lipinski definition) is 1. The van der Waals surface area contributed by atoms with Gasteiger partial charge < -0.3 is 10.1 Å². The first-order valence-electron chi connectivity index (χ1n) is 6.66. The Hall–Kier alpha value is -1.59. The van der Waals surface area contributed by atoms with Gasteiger partial charge in [-0.1, -0.05) is 0 Å². The van der Waals surface area contributed by atoms with Gasteiger partial charge >= 0.3 is 0 Å². The summed E-state index contributed by atoms with van der Waals surface area (Å²) in [6.07, 6.45) is 2.19. The lowest BCUT2D eigenvalue weighted by atomic mass is 10.2. The molecule has 2 heterocycles. The van der Waals surface area contributed by atoms with Crippen molar-refractivity contribution in [3.05, 3.63) is 33.8 Å². The average molecular weight is 294 g/mol. The van der Waals surface area contributed by atoms with Crippen LogP contribution in [0.2, 0.25) is 5.28 Å². The molecule has 106 valence electrons. The number of nitrogens with one attached hydrogen (secondary N) is 1. The highest BCUT2D eigenvalue weighted by Gasteiger charge is 2.18. The molecule has 0 radical (unpaired) electrons. The van der Waals surface area contributed by atoms with Crippen LogP contribution in [-0.2, 0) is 6.54 Å². The molecule has 6 heteroatoms. The zero-order valence-corrected chi connectivity index (χ0v) is 12.0. The molecule has 1 unspecified atom stereocenters. The van der Waals surface area contributed by atoms with E-state index in [0.29, 0.717) is 23.2 Å². The van der Waals surface area contributed by atoms with Crippen molar-refractivity contribution < 1.29 is 4.74 Å². The highest BCUT2D eigenvalue weighted by atomic mass is 35.5. The third-order valence-corrected chi connectivity index (χ3v) is 3.97. The maximum atomic E-state index is 12.6. The number of fused-ring (bicyclic) bond motifs is 1. The first kappa shape index (κ1) is 13.4. The van der Waals surface area contributed by atoms with Crippen molar-refractivity contribution in [2.24, 2.45) is 0 Å². The quantitative estimate of drug-likeness (QED) is 0.877. The van der Waals surface area contributed by atoms with E-state index in [1.165, 1.54) is 4.57 Å². The van der Waals surface area contributed by atoms with E-state index in [9.17, 15) is 4.79 Å². The number of hydrogen-bond acceptors (Lipinski definition) is 4. The molecule has 1 saturated heterocycles. The summed E-state index contributed by atoms with van der Waals surface area (Å²) in [5.74, 6) is 0.643. The zero-order chi connectivity index (χ0) is 14.1. The molecule has 1 aliphatic heterocycles. The summed E-state index contributed by atoms with van der Waals surface area (Å²) >= 11 is 6.15. The van der Waals surface area contributed by atoms with Gasteiger partial charge in [0.15, 0.2) is 0 Å². The molecule has 1 aliphatic rings. The van der Waals surface area contributed by atoms with Crippen LogP contribution >= 0.6 is 11.6 Å². The molecule has 20 heavy (non-hydrogen) atoms. The molecule has 5 nitrogen and oxygen atoms in total. The Bertz CT molecular complexity index is 693. The van der Waals surface area contributed by atoms with Gasteiger partial charge in [-0.05, 0) is 49.2 Å². The van der Waals surface area contributed by atoms with Crippen LogP contribution in [0.25, 0.3) is 10.9 Å². The van der Waals surface area contributed by atoms with Gasteiger partial charge in [0.1, 0.15) is 5.75 Å².